The van der Waals surface area contributed by atoms with Crippen LogP contribution in [0, 0.1) is 5.82 Å². The van der Waals surface area contributed by atoms with E-state index in [1.54, 1.807) is 29.2 Å². The summed E-state index contributed by atoms with van der Waals surface area (Å²) in [4.78, 5) is 25.2. The Bertz CT molecular complexity index is 792. The first-order valence-corrected chi connectivity index (χ1v) is 8.00. The monoisotopic (exact) mass is 343 g/mol. The van der Waals surface area contributed by atoms with Crippen molar-refractivity contribution in [1.82, 2.24) is 4.90 Å². The molecule has 2 aromatic carbocycles. The van der Waals surface area contributed by atoms with Crippen molar-refractivity contribution in [2.24, 2.45) is 0 Å². The summed E-state index contributed by atoms with van der Waals surface area (Å²) in [5.41, 5.74) is 1.51. The number of carbonyl (C=O) groups excluding carboxylic acids is 1. The number of hydrogen-bond acceptors (Lipinski definition) is 3. The molecular weight excluding hydrogens is 325 g/mol. The predicted octanol–water partition coefficient (Wildman–Crippen LogP) is 2.67. The van der Waals surface area contributed by atoms with E-state index in [0.29, 0.717) is 30.8 Å². The summed E-state index contributed by atoms with van der Waals surface area (Å²) in [6, 6.07) is 12.5. The standard InChI is InChI=1S/C19H18FNO4/c20-16-6-2-4-14(11-16)17-12-21(7-8-25-17)18(22)10-13-3-1-5-15(9-13)19(23)24/h1-6,9,11,17H,7-8,10,12H2,(H,23,24). The molecule has 0 spiro atoms. The number of amides is 1. The first-order valence-electron chi connectivity index (χ1n) is 8.00. The smallest absolute Gasteiger partial charge is 0.335 e. The summed E-state index contributed by atoms with van der Waals surface area (Å²) in [7, 11) is 0. The van der Waals surface area contributed by atoms with Crippen molar-refractivity contribution < 1.29 is 23.8 Å². The van der Waals surface area contributed by atoms with E-state index in [1.165, 1.54) is 24.3 Å². The first-order chi connectivity index (χ1) is 12.0. The zero-order valence-corrected chi connectivity index (χ0v) is 13.5. The van der Waals surface area contributed by atoms with Crippen LogP contribution in [0.2, 0.25) is 0 Å². The largest absolute Gasteiger partial charge is 0.478 e. The Hall–Kier alpha value is -2.73. The van der Waals surface area contributed by atoms with Gasteiger partial charge in [-0.3, -0.25) is 4.79 Å². The highest BCUT2D eigenvalue weighted by Crippen LogP contribution is 2.23. The van der Waals surface area contributed by atoms with Gasteiger partial charge in [0.2, 0.25) is 5.91 Å². The number of benzene rings is 2. The van der Waals surface area contributed by atoms with E-state index in [-0.39, 0.29) is 29.8 Å². The molecule has 1 saturated heterocycles. The molecule has 1 N–H and O–H groups in total. The van der Waals surface area contributed by atoms with Crippen molar-refractivity contribution in [3.8, 4) is 0 Å². The molecule has 0 aromatic heterocycles. The molecule has 1 unspecified atom stereocenters. The second kappa shape index (κ2) is 7.44. The number of halogens is 1. The van der Waals surface area contributed by atoms with Gasteiger partial charge in [0.15, 0.2) is 0 Å². The molecule has 1 fully saturated rings. The van der Waals surface area contributed by atoms with E-state index in [4.69, 9.17) is 9.84 Å². The Kier molecular flexibility index (Phi) is 5.09. The number of carbonyl (C=O) groups is 2. The van der Waals surface area contributed by atoms with E-state index in [9.17, 15) is 14.0 Å². The van der Waals surface area contributed by atoms with Crippen LogP contribution in [0.3, 0.4) is 0 Å². The van der Waals surface area contributed by atoms with E-state index >= 15 is 0 Å². The lowest BCUT2D eigenvalue weighted by Crippen LogP contribution is -2.43. The average molecular weight is 343 g/mol. The molecule has 0 aliphatic carbocycles. The number of nitrogens with zero attached hydrogens (tertiary/aromatic N) is 1. The first kappa shape index (κ1) is 17.1. The fourth-order valence-corrected chi connectivity index (χ4v) is 2.89. The van der Waals surface area contributed by atoms with E-state index in [0.717, 1.165) is 0 Å². The Morgan fingerprint density at radius 3 is 2.76 bits per heavy atom. The number of carboxylic acid groups (broad SMARTS) is 1. The van der Waals surface area contributed by atoms with Gasteiger partial charge in [-0.2, -0.15) is 0 Å². The normalized spacial score (nSPS) is 17.3. The molecule has 1 aliphatic rings. The molecule has 130 valence electrons. The Labute approximate surface area is 144 Å². The molecule has 25 heavy (non-hydrogen) atoms. The zero-order chi connectivity index (χ0) is 17.8. The lowest BCUT2D eigenvalue weighted by molar-refractivity contribution is -0.138. The summed E-state index contributed by atoms with van der Waals surface area (Å²) in [5.74, 6) is -1.46. The third kappa shape index (κ3) is 4.22. The second-order valence-corrected chi connectivity index (χ2v) is 5.94. The zero-order valence-electron chi connectivity index (χ0n) is 13.5. The molecule has 1 aliphatic heterocycles. The number of aromatic carboxylic acids is 1. The molecular formula is C19H18FNO4. The van der Waals surface area contributed by atoms with Crippen LogP contribution in [0.15, 0.2) is 48.5 Å². The van der Waals surface area contributed by atoms with Crippen molar-refractivity contribution in [3.63, 3.8) is 0 Å². The van der Waals surface area contributed by atoms with Crippen molar-refractivity contribution in [1.29, 1.82) is 0 Å². The Morgan fingerprint density at radius 2 is 2.00 bits per heavy atom. The molecule has 0 saturated carbocycles. The van der Waals surface area contributed by atoms with Crippen LogP contribution >= 0.6 is 0 Å². The average Bonchev–Trinajstić information content (AvgIpc) is 2.62. The summed E-state index contributed by atoms with van der Waals surface area (Å²) >= 11 is 0. The summed E-state index contributed by atoms with van der Waals surface area (Å²) in [5, 5.41) is 9.03. The minimum atomic E-state index is -1.02. The maximum Gasteiger partial charge on any atom is 0.335 e. The summed E-state index contributed by atoms with van der Waals surface area (Å²) < 4.78 is 19.0. The molecule has 0 bridgehead atoms. The van der Waals surface area contributed by atoms with Gasteiger partial charge in [0, 0.05) is 6.54 Å². The highest BCUT2D eigenvalue weighted by Gasteiger charge is 2.25. The second-order valence-electron chi connectivity index (χ2n) is 5.94. The van der Waals surface area contributed by atoms with Gasteiger partial charge in [-0.15, -0.1) is 0 Å². The van der Waals surface area contributed by atoms with Gasteiger partial charge in [-0.25, -0.2) is 9.18 Å². The van der Waals surface area contributed by atoms with Gasteiger partial charge < -0.3 is 14.7 Å². The Balaban J connectivity index is 1.68. The molecule has 5 nitrogen and oxygen atoms in total. The minimum absolute atomic E-state index is 0.104. The third-order valence-electron chi connectivity index (χ3n) is 4.17. The van der Waals surface area contributed by atoms with E-state index in [2.05, 4.69) is 0 Å². The van der Waals surface area contributed by atoms with Gasteiger partial charge in [0.05, 0.1) is 25.1 Å². The lowest BCUT2D eigenvalue weighted by Gasteiger charge is -2.33. The molecule has 6 heteroatoms. The van der Waals surface area contributed by atoms with E-state index < -0.39 is 5.97 Å². The molecule has 2 aromatic rings. The van der Waals surface area contributed by atoms with Gasteiger partial charge in [-0.05, 0) is 35.4 Å². The molecule has 1 heterocycles. The molecule has 3 rings (SSSR count). The third-order valence-corrected chi connectivity index (χ3v) is 4.17. The van der Waals surface area contributed by atoms with Crippen LogP contribution in [0.1, 0.15) is 27.6 Å². The van der Waals surface area contributed by atoms with Crippen molar-refractivity contribution in [2.45, 2.75) is 12.5 Å². The highest BCUT2D eigenvalue weighted by molar-refractivity contribution is 5.88. The van der Waals surface area contributed by atoms with E-state index in [1.807, 2.05) is 0 Å². The minimum Gasteiger partial charge on any atom is -0.478 e. The van der Waals surface area contributed by atoms with Gasteiger partial charge in [0.25, 0.3) is 0 Å². The topological polar surface area (TPSA) is 66.8 Å². The number of carboxylic acids is 1. The summed E-state index contributed by atoms with van der Waals surface area (Å²) in [6.07, 6.45) is -0.240. The Morgan fingerprint density at radius 1 is 1.20 bits per heavy atom. The van der Waals surface area contributed by atoms with Crippen molar-refractivity contribution >= 4 is 11.9 Å². The summed E-state index contributed by atoms with van der Waals surface area (Å²) in [6.45, 7) is 1.19. The highest BCUT2D eigenvalue weighted by atomic mass is 19.1. The van der Waals surface area contributed by atoms with Crippen LogP contribution in [-0.2, 0) is 16.0 Å². The van der Waals surface area contributed by atoms with Crippen LogP contribution < -0.4 is 0 Å². The number of hydrogen-bond donors (Lipinski definition) is 1. The van der Waals surface area contributed by atoms with Gasteiger partial charge in [0.1, 0.15) is 11.9 Å². The van der Waals surface area contributed by atoms with Crippen LogP contribution in [0.5, 0.6) is 0 Å². The molecule has 1 atom stereocenters. The van der Waals surface area contributed by atoms with Crippen LogP contribution in [0.4, 0.5) is 4.39 Å². The lowest BCUT2D eigenvalue weighted by atomic mass is 10.1. The SMILES string of the molecule is O=C(O)c1cccc(CC(=O)N2CCOC(c3cccc(F)c3)C2)c1. The molecule has 1 amide bonds. The van der Waals surface area contributed by atoms with Crippen LogP contribution in [-0.4, -0.2) is 41.6 Å². The maximum atomic E-state index is 13.4. The number of morpholine rings is 1. The van der Waals surface area contributed by atoms with Crippen molar-refractivity contribution in [3.05, 3.63) is 71.0 Å². The quantitative estimate of drug-likeness (QED) is 0.927. The maximum absolute atomic E-state index is 13.4. The fraction of sp³-hybridized carbons (Fsp3) is 0.263. The number of rotatable bonds is 4. The fourth-order valence-electron chi connectivity index (χ4n) is 2.89. The van der Waals surface area contributed by atoms with Crippen molar-refractivity contribution in [2.75, 3.05) is 19.7 Å². The molecule has 0 radical (unpaired) electrons. The number of ether oxygens (including phenoxy) is 1. The van der Waals surface area contributed by atoms with Gasteiger partial charge >= 0.3 is 5.97 Å². The predicted molar refractivity (Wildman–Crippen MR) is 88.8 cm³/mol. The van der Waals surface area contributed by atoms with Gasteiger partial charge in [-0.1, -0.05) is 24.3 Å². The van der Waals surface area contributed by atoms with Crippen LogP contribution in [0.25, 0.3) is 0 Å².